The highest BCUT2D eigenvalue weighted by molar-refractivity contribution is 6.31. The second-order valence-electron chi connectivity index (χ2n) is 13.3. The molecule has 47 heavy (non-hydrogen) atoms. The van der Waals surface area contributed by atoms with E-state index in [9.17, 15) is 14.7 Å². The van der Waals surface area contributed by atoms with Gasteiger partial charge in [0.25, 0.3) is 0 Å². The van der Waals surface area contributed by atoms with Crippen LogP contribution in [0.4, 0.5) is 9.59 Å². The maximum absolute atomic E-state index is 12.8. The van der Waals surface area contributed by atoms with Crippen LogP contribution in [0.5, 0.6) is 0 Å². The van der Waals surface area contributed by atoms with Crippen molar-refractivity contribution in [1.29, 1.82) is 0 Å². The Bertz CT molecular complexity index is 1960. The summed E-state index contributed by atoms with van der Waals surface area (Å²) in [6.07, 6.45) is 3.86. The van der Waals surface area contributed by atoms with Gasteiger partial charge in [-0.3, -0.25) is 9.80 Å². The van der Waals surface area contributed by atoms with Crippen LogP contribution in [0.1, 0.15) is 70.2 Å². The maximum atomic E-state index is 12.8. The number of carbonyl (C=O) groups is 2. The Morgan fingerprint density at radius 2 is 1.43 bits per heavy atom. The van der Waals surface area contributed by atoms with Gasteiger partial charge in [0, 0.05) is 24.2 Å². The molecule has 11 heteroatoms. The van der Waals surface area contributed by atoms with E-state index in [1.165, 1.54) is 4.90 Å². The Hall–Kier alpha value is -4.83. The molecule has 242 valence electrons. The smallest absolute Gasteiger partial charge is 0.410 e. The molecule has 2 fully saturated rings. The van der Waals surface area contributed by atoms with Crippen molar-refractivity contribution in [3.05, 3.63) is 83.7 Å². The Labute approximate surface area is 277 Å². The molecule has 3 N–H and O–H groups in total. The number of likely N-dealkylation sites (tertiary alicyclic amines) is 2. The third-order valence-corrected chi connectivity index (χ3v) is 9.22. The van der Waals surface area contributed by atoms with Crippen molar-refractivity contribution in [2.75, 3.05) is 13.1 Å². The Morgan fingerprint density at radius 3 is 2.11 bits per heavy atom. The molecule has 0 saturated carbocycles. The van der Waals surface area contributed by atoms with E-state index in [0.717, 1.165) is 70.2 Å². The Kier molecular flexibility index (Phi) is 7.91. The molecule has 2 saturated heterocycles. The van der Waals surface area contributed by atoms with Crippen LogP contribution in [-0.4, -0.2) is 65.7 Å². The molecule has 0 bridgehead atoms. The number of carboxylic acid groups (broad SMARTS) is 1. The fourth-order valence-electron chi connectivity index (χ4n) is 6.66. The predicted molar refractivity (Wildman–Crippen MR) is 181 cm³/mol. The predicted octanol–water partition coefficient (Wildman–Crippen LogP) is 8.83. The number of rotatable bonds is 5. The summed E-state index contributed by atoms with van der Waals surface area (Å²) in [5.74, 6) is 1.35. The van der Waals surface area contributed by atoms with Crippen LogP contribution in [0.25, 0.3) is 44.4 Å². The first-order valence-corrected chi connectivity index (χ1v) is 16.4. The van der Waals surface area contributed by atoms with Gasteiger partial charge in [-0.15, -0.1) is 0 Å². The molecule has 1 unspecified atom stereocenters. The summed E-state index contributed by atoms with van der Waals surface area (Å²) in [6, 6.07) is 20.4. The first kappa shape index (κ1) is 30.8. The van der Waals surface area contributed by atoms with Gasteiger partial charge in [-0.2, -0.15) is 0 Å². The minimum absolute atomic E-state index is 0.131. The van der Waals surface area contributed by atoms with Gasteiger partial charge in [0.15, 0.2) is 5.15 Å². The molecule has 2 aliphatic rings. The van der Waals surface area contributed by atoms with Crippen LogP contribution >= 0.6 is 11.6 Å². The van der Waals surface area contributed by atoms with Crippen LogP contribution in [0.3, 0.4) is 0 Å². The Morgan fingerprint density at radius 1 is 0.830 bits per heavy atom. The van der Waals surface area contributed by atoms with Crippen molar-refractivity contribution in [3.63, 3.8) is 0 Å². The van der Waals surface area contributed by atoms with E-state index in [0.29, 0.717) is 29.8 Å². The molecule has 0 aliphatic carbocycles. The van der Waals surface area contributed by atoms with E-state index >= 15 is 0 Å². The summed E-state index contributed by atoms with van der Waals surface area (Å²) in [7, 11) is 0. The number of benzene rings is 3. The van der Waals surface area contributed by atoms with E-state index in [1.54, 1.807) is 4.90 Å². The van der Waals surface area contributed by atoms with Crippen molar-refractivity contribution in [2.24, 2.45) is 0 Å². The number of amides is 2. The molecule has 2 amide bonds. The third-order valence-electron chi connectivity index (χ3n) is 8.94. The number of hydrogen-bond donors (Lipinski definition) is 3. The second kappa shape index (κ2) is 12.1. The number of imidazole rings is 2. The number of aromatic amines is 2. The first-order valence-electron chi connectivity index (χ1n) is 16.0. The molecule has 2 atom stereocenters. The largest absolute Gasteiger partial charge is 0.465 e. The van der Waals surface area contributed by atoms with Crippen molar-refractivity contribution in [2.45, 2.75) is 64.1 Å². The van der Waals surface area contributed by atoms with Crippen molar-refractivity contribution < 1.29 is 19.4 Å². The third kappa shape index (κ3) is 6.17. The van der Waals surface area contributed by atoms with Crippen LogP contribution in [-0.2, 0) is 4.74 Å². The van der Waals surface area contributed by atoms with Crippen LogP contribution < -0.4 is 0 Å². The first-order chi connectivity index (χ1) is 22.5. The van der Waals surface area contributed by atoms with E-state index in [1.807, 2.05) is 39.1 Å². The quantitative estimate of drug-likeness (QED) is 0.174. The van der Waals surface area contributed by atoms with Gasteiger partial charge in [-0.05, 0) is 80.5 Å². The average Bonchev–Trinajstić information content (AvgIpc) is 3.86. The normalized spacial score (nSPS) is 18.3. The van der Waals surface area contributed by atoms with Crippen LogP contribution in [0.15, 0.2) is 66.9 Å². The highest BCUT2D eigenvalue weighted by Gasteiger charge is 2.35. The molecule has 3 aromatic carbocycles. The summed E-state index contributed by atoms with van der Waals surface area (Å²) in [5, 5.41) is 12.1. The summed E-state index contributed by atoms with van der Waals surface area (Å²) in [4.78, 5) is 43.5. The molecule has 10 nitrogen and oxygen atoms in total. The van der Waals surface area contributed by atoms with Gasteiger partial charge < -0.3 is 19.8 Å². The fourth-order valence-corrected chi connectivity index (χ4v) is 6.91. The number of ether oxygens (including phenoxy) is 1. The standard InChI is InChI=1S/C36H37ClN6O4/c1-36(2,3)47-35(46)43-17-5-6-28(43)32-38-20-27(39-32)26-15-14-24-18-23(12-13-25(24)19-26)21-8-10-22(11-9-21)30-31(37)41-33(40-30)29-7-4-16-42(29)34(44)45/h8-15,18-20,28-29H,4-7,16-17H2,1-3H3,(H,38,39)(H,40,41)(H,44,45)/t28-,29?/m0/s1. The van der Waals surface area contributed by atoms with Crippen molar-refractivity contribution in [3.8, 4) is 33.6 Å². The average molecular weight is 653 g/mol. The highest BCUT2D eigenvalue weighted by Crippen LogP contribution is 2.36. The summed E-state index contributed by atoms with van der Waals surface area (Å²) in [6.45, 7) is 6.79. The van der Waals surface area contributed by atoms with E-state index in [4.69, 9.17) is 16.3 Å². The fraction of sp³-hybridized carbons (Fsp3) is 0.333. The number of halogens is 1. The highest BCUT2D eigenvalue weighted by atomic mass is 35.5. The summed E-state index contributed by atoms with van der Waals surface area (Å²) < 4.78 is 5.63. The lowest BCUT2D eigenvalue weighted by atomic mass is 9.98. The number of carbonyl (C=O) groups excluding carboxylic acids is 1. The lowest BCUT2D eigenvalue weighted by Gasteiger charge is -2.27. The minimum atomic E-state index is -0.944. The van der Waals surface area contributed by atoms with Crippen molar-refractivity contribution in [1.82, 2.24) is 29.7 Å². The van der Waals surface area contributed by atoms with E-state index in [-0.39, 0.29) is 18.2 Å². The molecule has 0 spiro atoms. The van der Waals surface area contributed by atoms with Gasteiger partial charge in [0.1, 0.15) is 17.2 Å². The van der Waals surface area contributed by atoms with Gasteiger partial charge in [0.2, 0.25) is 0 Å². The van der Waals surface area contributed by atoms with Crippen molar-refractivity contribution >= 4 is 34.6 Å². The maximum Gasteiger partial charge on any atom is 0.410 e. The monoisotopic (exact) mass is 652 g/mol. The molecule has 0 radical (unpaired) electrons. The number of fused-ring (bicyclic) bond motifs is 1. The molecule has 7 rings (SSSR count). The lowest BCUT2D eigenvalue weighted by Crippen LogP contribution is -2.36. The summed E-state index contributed by atoms with van der Waals surface area (Å²) >= 11 is 6.50. The molecular formula is C36H37ClN6O4. The molecule has 5 aromatic rings. The van der Waals surface area contributed by atoms with Crippen LogP contribution in [0, 0.1) is 0 Å². The lowest BCUT2D eigenvalue weighted by molar-refractivity contribution is 0.0218. The minimum Gasteiger partial charge on any atom is -0.465 e. The molecule has 4 heterocycles. The van der Waals surface area contributed by atoms with E-state index in [2.05, 4.69) is 68.5 Å². The SMILES string of the molecule is CC(C)(C)OC(=O)N1CCC[C@H]1c1ncc(-c2ccc3cc(-c4ccc(-c5[nH]c(C6CCCN6C(=O)O)nc5Cl)cc4)ccc3c2)[nH]1. The summed E-state index contributed by atoms with van der Waals surface area (Å²) in [5.41, 5.74) is 5.10. The number of hydrogen-bond acceptors (Lipinski definition) is 5. The zero-order chi connectivity index (χ0) is 32.9. The molecule has 2 aromatic heterocycles. The van der Waals surface area contributed by atoms with E-state index < -0.39 is 11.7 Å². The number of nitrogens with zero attached hydrogens (tertiary/aromatic N) is 4. The Balaban J connectivity index is 1.07. The number of aromatic nitrogens is 4. The van der Waals surface area contributed by atoms with Gasteiger partial charge in [-0.1, -0.05) is 60.1 Å². The molecule has 2 aliphatic heterocycles. The number of H-pyrrole nitrogens is 2. The van der Waals surface area contributed by atoms with Gasteiger partial charge >= 0.3 is 12.2 Å². The topological polar surface area (TPSA) is 127 Å². The van der Waals surface area contributed by atoms with Gasteiger partial charge in [-0.25, -0.2) is 19.6 Å². The zero-order valence-electron chi connectivity index (χ0n) is 26.6. The number of nitrogens with one attached hydrogen (secondary N) is 2. The zero-order valence-corrected chi connectivity index (χ0v) is 27.3. The second-order valence-corrected chi connectivity index (χ2v) is 13.6. The van der Waals surface area contributed by atoms with Gasteiger partial charge in [0.05, 0.1) is 29.7 Å². The molecular weight excluding hydrogens is 616 g/mol. The van der Waals surface area contributed by atoms with Crippen LogP contribution in [0.2, 0.25) is 5.15 Å².